The van der Waals surface area contributed by atoms with E-state index in [9.17, 15) is 0 Å². The number of ether oxygens (including phenoxy) is 1. The summed E-state index contributed by atoms with van der Waals surface area (Å²) in [5.74, 6) is 1.23. The zero-order valence-electron chi connectivity index (χ0n) is 7.14. The number of rotatable bonds is 6. The van der Waals surface area contributed by atoms with Gasteiger partial charge in [0.15, 0.2) is 0 Å². The molecule has 1 aliphatic rings. The van der Waals surface area contributed by atoms with E-state index >= 15 is 0 Å². The van der Waals surface area contributed by atoms with Gasteiger partial charge in [0.05, 0.1) is 18.5 Å². The summed E-state index contributed by atoms with van der Waals surface area (Å²) in [6, 6.07) is 0. The van der Waals surface area contributed by atoms with Crippen LogP contribution in [0.25, 0.3) is 0 Å². The van der Waals surface area contributed by atoms with Gasteiger partial charge in [0.1, 0.15) is 0 Å². The van der Waals surface area contributed by atoms with Gasteiger partial charge in [-0.15, -0.1) is 0 Å². The summed E-state index contributed by atoms with van der Waals surface area (Å²) in [5.41, 5.74) is 0. The molecule has 0 saturated carbocycles. The maximum atomic E-state index is 5.07. The Kier molecular flexibility index (Phi) is 4.99. The average Bonchev–Trinajstić information content (AvgIpc) is 1.93. The third kappa shape index (κ3) is 3.99. The van der Waals surface area contributed by atoms with E-state index in [-0.39, 0.29) is 0 Å². The lowest BCUT2D eigenvalue weighted by Crippen LogP contribution is -2.31. The van der Waals surface area contributed by atoms with E-state index in [4.69, 9.17) is 4.74 Å². The predicted molar refractivity (Wildman–Crippen MR) is 50.2 cm³/mol. The summed E-state index contributed by atoms with van der Waals surface area (Å²) < 4.78 is 5.07. The molecule has 0 spiro atoms. The van der Waals surface area contributed by atoms with Crippen LogP contribution in [-0.4, -0.2) is 37.3 Å². The van der Waals surface area contributed by atoms with Crippen molar-refractivity contribution < 1.29 is 4.74 Å². The molecule has 11 heavy (non-hydrogen) atoms. The van der Waals surface area contributed by atoms with Gasteiger partial charge in [-0.05, 0) is 13.0 Å². The van der Waals surface area contributed by atoms with Crippen LogP contribution in [0.5, 0.6) is 0 Å². The summed E-state index contributed by atoms with van der Waals surface area (Å²) in [6.45, 7) is 6.44. The third-order valence-corrected chi connectivity index (χ3v) is 2.85. The van der Waals surface area contributed by atoms with Crippen molar-refractivity contribution in [2.45, 2.75) is 18.6 Å². The van der Waals surface area contributed by atoms with Gasteiger partial charge in [-0.25, -0.2) is 0 Å². The Morgan fingerprint density at radius 1 is 1.45 bits per heavy atom. The van der Waals surface area contributed by atoms with Crippen LogP contribution in [0.4, 0.5) is 0 Å². The van der Waals surface area contributed by atoms with Gasteiger partial charge in [0.25, 0.3) is 0 Å². The summed E-state index contributed by atoms with van der Waals surface area (Å²) >= 11 is 2.03. The van der Waals surface area contributed by atoms with E-state index in [0.717, 1.165) is 31.6 Å². The van der Waals surface area contributed by atoms with Gasteiger partial charge in [-0.2, -0.15) is 11.8 Å². The van der Waals surface area contributed by atoms with Crippen molar-refractivity contribution in [2.75, 3.05) is 32.1 Å². The maximum absolute atomic E-state index is 5.07. The molecule has 1 fully saturated rings. The number of hydrogen-bond acceptors (Lipinski definition) is 3. The van der Waals surface area contributed by atoms with Gasteiger partial charge >= 0.3 is 0 Å². The molecular formula is C8H17NOS. The first-order valence-electron chi connectivity index (χ1n) is 4.33. The van der Waals surface area contributed by atoms with Crippen molar-refractivity contribution >= 4 is 11.8 Å². The largest absolute Gasteiger partial charge is 0.379 e. The van der Waals surface area contributed by atoms with E-state index in [2.05, 4.69) is 12.2 Å². The van der Waals surface area contributed by atoms with Crippen molar-refractivity contribution in [1.29, 1.82) is 0 Å². The van der Waals surface area contributed by atoms with Crippen LogP contribution in [0.3, 0.4) is 0 Å². The zero-order valence-corrected chi connectivity index (χ0v) is 7.95. The van der Waals surface area contributed by atoms with Gasteiger partial charge < -0.3 is 10.1 Å². The number of hydrogen-bond donors (Lipinski definition) is 1. The smallest absolute Gasteiger partial charge is 0.0607 e. The van der Waals surface area contributed by atoms with Crippen molar-refractivity contribution in [3.8, 4) is 0 Å². The average molecular weight is 175 g/mol. The van der Waals surface area contributed by atoms with Crippen molar-refractivity contribution in [3.63, 3.8) is 0 Å². The lowest BCUT2D eigenvalue weighted by molar-refractivity contribution is 0.0455. The zero-order chi connectivity index (χ0) is 7.94. The second-order valence-electron chi connectivity index (χ2n) is 2.78. The lowest BCUT2D eigenvalue weighted by atomic mass is 10.4. The standard InChI is InChI=1S/C8H17NOS/c1-2-3-9-4-5-11-8-6-10-7-8/h8-9H,2-7H2,1H3. The van der Waals surface area contributed by atoms with E-state index in [0.29, 0.717) is 0 Å². The Morgan fingerprint density at radius 3 is 2.82 bits per heavy atom. The Morgan fingerprint density at radius 2 is 2.27 bits per heavy atom. The van der Waals surface area contributed by atoms with Crippen molar-refractivity contribution in [1.82, 2.24) is 5.32 Å². The highest BCUT2D eigenvalue weighted by atomic mass is 32.2. The Bertz CT molecular complexity index is 96.1. The monoisotopic (exact) mass is 175 g/mol. The molecule has 0 unspecified atom stereocenters. The minimum Gasteiger partial charge on any atom is -0.379 e. The lowest BCUT2D eigenvalue weighted by Gasteiger charge is -2.25. The van der Waals surface area contributed by atoms with Crippen molar-refractivity contribution in [2.24, 2.45) is 0 Å². The highest BCUT2D eigenvalue weighted by molar-refractivity contribution is 8.00. The summed E-state index contributed by atoms with van der Waals surface area (Å²) in [7, 11) is 0. The van der Waals surface area contributed by atoms with Crippen LogP contribution in [0.2, 0.25) is 0 Å². The molecule has 0 amide bonds. The predicted octanol–water partition coefficient (Wildman–Crippen LogP) is 1.12. The van der Waals surface area contributed by atoms with Gasteiger partial charge in [-0.3, -0.25) is 0 Å². The fourth-order valence-corrected chi connectivity index (χ4v) is 1.89. The Balaban J connectivity index is 1.73. The molecule has 1 N–H and O–H groups in total. The Hall–Kier alpha value is 0.270. The van der Waals surface area contributed by atoms with Crippen molar-refractivity contribution in [3.05, 3.63) is 0 Å². The first-order valence-corrected chi connectivity index (χ1v) is 5.38. The topological polar surface area (TPSA) is 21.3 Å². The quantitative estimate of drug-likeness (QED) is 0.611. The van der Waals surface area contributed by atoms with Crippen LogP contribution in [0.15, 0.2) is 0 Å². The first-order chi connectivity index (χ1) is 5.43. The fraction of sp³-hybridized carbons (Fsp3) is 1.00. The molecule has 66 valence electrons. The van der Waals surface area contributed by atoms with Gasteiger partial charge in [-0.1, -0.05) is 6.92 Å². The maximum Gasteiger partial charge on any atom is 0.0607 e. The van der Waals surface area contributed by atoms with E-state index in [1.165, 1.54) is 12.2 Å². The molecule has 0 aromatic rings. The van der Waals surface area contributed by atoms with Crippen LogP contribution >= 0.6 is 11.8 Å². The highest BCUT2D eigenvalue weighted by Gasteiger charge is 2.17. The van der Waals surface area contributed by atoms with Crippen LogP contribution in [0, 0.1) is 0 Å². The molecule has 0 atom stereocenters. The molecule has 0 aromatic carbocycles. The van der Waals surface area contributed by atoms with Gasteiger partial charge in [0.2, 0.25) is 0 Å². The van der Waals surface area contributed by atoms with Crippen LogP contribution < -0.4 is 5.32 Å². The summed E-state index contributed by atoms with van der Waals surface area (Å²) in [6.07, 6.45) is 1.23. The normalized spacial score (nSPS) is 18.3. The van der Waals surface area contributed by atoms with E-state index in [1.54, 1.807) is 0 Å². The molecular weight excluding hydrogens is 158 g/mol. The van der Waals surface area contributed by atoms with Crippen LogP contribution in [0.1, 0.15) is 13.3 Å². The second-order valence-corrected chi connectivity index (χ2v) is 4.19. The molecule has 3 heteroatoms. The third-order valence-electron chi connectivity index (χ3n) is 1.67. The second kappa shape index (κ2) is 5.86. The molecule has 0 radical (unpaired) electrons. The van der Waals surface area contributed by atoms with Crippen LogP contribution in [-0.2, 0) is 4.74 Å². The fourth-order valence-electron chi connectivity index (χ4n) is 0.910. The highest BCUT2D eigenvalue weighted by Crippen LogP contribution is 2.17. The number of nitrogens with one attached hydrogen (secondary N) is 1. The summed E-state index contributed by atoms with van der Waals surface area (Å²) in [5, 5.41) is 4.17. The van der Waals surface area contributed by atoms with E-state index in [1.807, 2.05) is 11.8 Å². The minimum absolute atomic E-state index is 0.790. The molecule has 1 aliphatic heterocycles. The minimum atomic E-state index is 0.790. The molecule has 2 nitrogen and oxygen atoms in total. The number of thioether (sulfide) groups is 1. The Labute approximate surface area is 73.1 Å². The molecule has 0 aliphatic carbocycles. The molecule has 0 bridgehead atoms. The van der Waals surface area contributed by atoms with Gasteiger partial charge in [0, 0.05) is 12.3 Å². The molecule has 1 rings (SSSR count). The molecule has 1 heterocycles. The molecule has 1 saturated heterocycles. The molecule has 0 aromatic heterocycles. The first kappa shape index (κ1) is 9.36. The van der Waals surface area contributed by atoms with E-state index < -0.39 is 0 Å². The SMILES string of the molecule is CCCNCCSC1COC1. The summed E-state index contributed by atoms with van der Waals surface area (Å²) in [4.78, 5) is 0.